The van der Waals surface area contributed by atoms with E-state index in [4.69, 9.17) is 22.4 Å². The Bertz CT molecular complexity index is 286. The molecule has 0 fully saturated rings. The minimum Gasteiger partial charge on any atom is -0.396 e. The van der Waals surface area contributed by atoms with Crippen LogP contribution in [-0.4, -0.2) is 11.7 Å². The Kier molecular flexibility index (Phi) is 4.32. The van der Waals surface area contributed by atoms with E-state index in [0.29, 0.717) is 23.4 Å². The quantitative estimate of drug-likeness (QED) is 0.813. The van der Waals surface area contributed by atoms with Gasteiger partial charge in [-0.05, 0) is 25.0 Å². The fraction of sp³-hybridized carbons (Fsp3) is 0.400. The summed E-state index contributed by atoms with van der Waals surface area (Å²) in [5.41, 5.74) is 6.08. The van der Waals surface area contributed by atoms with Crippen LogP contribution in [0.15, 0.2) is 18.2 Å². The third-order valence-corrected chi connectivity index (χ3v) is 2.37. The summed E-state index contributed by atoms with van der Waals surface area (Å²) in [7, 11) is 0. The van der Waals surface area contributed by atoms with Crippen molar-refractivity contribution in [2.45, 2.75) is 18.9 Å². The van der Waals surface area contributed by atoms with E-state index >= 15 is 0 Å². The fourth-order valence-corrected chi connectivity index (χ4v) is 1.62. The third kappa shape index (κ3) is 2.67. The number of hydrogen-bond donors (Lipinski definition) is 2. The van der Waals surface area contributed by atoms with E-state index in [0.717, 1.165) is 0 Å². The molecule has 3 N–H and O–H groups in total. The molecule has 1 aromatic carbocycles. The predicted molar refractivity (Wildman–Crippen MR) is 54.7 cm³/mol. The SMILES string of the molecule is N[C@H](CCCO)c1c(F)cccc1Cl. The molecule has 0 aliphatic carbocycles. The van der Waals surface area contributed by atoms with Crippen molar-refractivity contribution < 1.29 is 9.50 Å². The van der Waals surface area contributed by atoms with Crippen molar-refractivity contribution in [2.75, 3.05) is 6.61 Å². The van der Waals surface area contributed by atoms with E-state index in [1.54, 1.807) is 12.1 Å². The van der Waals surface area contributed by atoms with Crippen molar-refractivity contribution in [1.29, 1.82) is 0 Å². The van der Waals surface area contributed by atoms with E-state index in [1.807, 2.05) is 0 Å². The second kappa shape index (κ2) is 5.29. The monoisotopic (exact) mass is 217 g/mol. The highest BCUT2D eigenvalue weighted by Gasteiger charge is 2.14. The molecule has 0 radical (unpaired) electrons. The Labute approximate surface area is 87.5 Å². The second-order valence-corrected chi connectivity index (χ2v) is 3.51. The average molecular weight is 218 g/mol. The van der Waals surface area contributed by atoms with Gasteiger partial charge < -0.3 is 10.8 Å². The van der Waals surface area contributed by atoms with Crippen molar-refractivity contribution >= 4 is 11.6 Å². The number of hydrogen-bond acceptors (Lipinski definition) is 2. The molecule has 1 atom stereocenters. The zero-order chi connectivity index (χ0) is 10.6. The highest BCUT2D eigenvalue weighted by Crippen LogP contribution is 2.26. The summed E-state index contributed by atoms with van der Waals surface area (Å²) in [6.45, 7) is 0.0553. The summed E-state index contributed by atoms with van der Waals surface area (Å²) >= 11 is 5.82. The van der Waals surface area contributed by atoms with E-state index in [9.17, 15) is 4.39 Å². The molecule has 2 nitrogen and oxygen atoms in total. The Balaban J connectivity index is 2.82. The van der Waals surface area contributed by atoms with Gasteiger partial charge in [-0.1, -0.05) is 17.7 Å². The van der Waals surface area contributed by atoms with Crippen molar-refractivity contribution in [3.63, 3.8) is 0 Å². The van der Waals surface area contributed by atoms with E-state index in [1.165, 1.54) is 6.07 Å². The molecule has 0 aromatic heterocycles. The maximum Gasteiger partial charge on any atom is 0.129 e. The zero-order valence-electron chi connectivity index (χ0n) is 7.71. The topological polar surface area (TPSA) is 46.2 Å². The molecule has 1 aromatic rings. The molecule has 0 aliphatic rings. The van der Waals surface area contributed by atoms with Gasteiger partial charge in [0.25, 0.3) is 0 Å². The van der Waals surface area contributed by atoms with Crippen LogP contribution in [0.25, 0.3) is 0 Å². The number of nitrogens with two attached hydrogens (primary N) is 1. The van der Waals surface area contributed by atoms with Gasteiger partial charge in [0.2, 0.25) is 0 Å². The third-order valence-electron chi connectivity index (χ3n) is 2.04. The maximum atomic E-state index is 13.3. The minimum absolute atomic E-state index is 0.0553. The van der Waals surface area contributed by atoms with Gasteiger partial charge in [0, 0.05) is 23.2 Å². The van der Waals surface area contributed by atoms with Crippen LogP contribution < -0.4 is 5.73 Å². The van der Waals surface area contributed by atoms with Crippen LogP contribution in [0.2, 0.25) is 5.02 Å². The molecule has 0 aliphatic heterocycles. The Morgan fingerprint density at radius 3 is 2.79 bits per heavy atom. The van der Waals surface area contributed by atoms with Crippen LogP contribution in [0.5, 0.6) is 0 Å². The Morgan fingerprint density at radius 2 is 2.21 bits per heavy atom. The van der Waals surface area contributed by atoms with E-state index < -0.39 is 6.04 Å². The lowest BCUT2D eigenvalue weighted by molar-refractivity contribution is 0.279. The highest BCUT2D eigenvalue weighted by molar-refractivity contribution is 6.31. The first-order valence-corrected chi connectivity index (χ1v) is 4.85. The smallest absolute Gasteiger partial charge is 0.129 e. The van der Waals surface area contributed by atoms with Crippen molar-refractivity contribution in [3.8, 4) is 0 Å². The summed E-state index contributed by atoms with van der Waals surface area (Å²) < 4.78 is 13.3. The molecule has 0 heterocycles. The van der Waals surface area contributed by atoms with Crippen LogP contribution >= 0.6 is 11.6 Å². The van der Waals surface area contributed by atoms with Gasteiger partial charge in [0.15, 0.2) is 0 Å². The van der Waals surface area contributed by atoms with E-state index in [-0.39, 0.29) is 12.4 Å². The van der Waals surface area contributed by atoms with Gasteiger partial charge >= 0.3 is 0 Å². The second-order valence-electron chi connectivity index (χ2n) is 3.11. The average Bonchev–Trinajstić information content (AvgIpc) is 2.14. The van der Waals surface area contributed by atoms with Crippen molar-refractivity contribution in [3.05, 3.63) is 34.6 Å². The van der Waals surface area contributed by atoms with Gasteiger partial charge in [-0.15, -0.1) is 0 Å². The summed E-state index contributed by atoms with van der Waals surface area (Å²) in [4.78, 5) is 0. The Morgan fingerprint density at radius 1 is 1.50 bits per heavy atom. The number of benzene rings is 1. The molecule has 0 unspecified atom stereocenters. The normalized spacial score (nSPS) is 12.9. The lowest BCUT2D eigenvalue weighted by Gasteiger charge is -2.13. The van der Waals surface area contributed by atoms with Crippen LogP contribution in [0.1, 0.15) is 24.4 Å². The summed E-state index contributed by atoms with van der Waals surface area (Å²) in [5.74, 6) is -0.386. The van der Waals surface area contributed by atoms with Crippen LogP contribution in [0.4, 0.5) is 4.39 Å². The largest absolute Gasteiger partial charge is 0.396 e. The summed E-state index contributed by atoms with van der Waals surface area (Å²) in [6, 6.07) is 4.04. The van der Waals surface area contributed by atoms with Crippen molar-refractivity contribution in [1.82, 2.24) is 0 Å². The fourth-order valence-electron chi connectivity index (χ4n) is 1.32. The maximum absolute atomic E-state index is 13.3. The first-order valence-electron chi connectivity index (χ1n) is 4.47. The Hall–Kier alpha value is -0.640. The van der Waals surface area contributed by atoms with Gasteiger partial charge in [0.1, 0.15) is 5.82 Å². The molecule has 14 heavy (non-hydrogen) atoms. The first-order chi connectivity index (χ1) is 6.66. The summed E-state index contributed by atoms with van der Waals surface area (Å²) in [6.07, 6.45) is 1.07. The van der Waals surface area contributed by atoms with Gasteiger partial charge in [-0.2, -0.15) is 0 Å². The molecular weight excluding hydrogens is 205 g/mol. The lowest BCUT2D eigenvalue weighted by Crippen LogP contribution is -2.13. The molecule has 0 saturated carbocycles. The van der Waals surface area contributed by atoms with E-state index in [2.05, 4.69) is 0 Å². The van der Waals surface area contributed by atoms with Gasteiger partial charge in [-0.3, -0.25) is 0 Å². The first kappa shape index (κ1) is 11.4. The van der Waals surface area contributed by atoms with Gasteiger partial charge in [-0.25, -0.2) is 4.39 Å². The van der Waals surface area contributed by atoms with Gasteiger partial charge in [0.05, 0.1) is 0 Å². The lowest BCUT2D eigenvalue weighted by atomic mass is 10.0. The molecule has 0 spiro atoms. The van der Waals surface area contributed by atoms with Crippen molar-refractivity contribution in [2.24, 2.45) is 5.73 Å². The number of aliphatic hydroxyl groups is 1. The molecule has 0 amide bonds. The standard InChI is InChI=1S/C10H13ClFNO/c11-7-3-1-4-8(12)10(7)9(13)5-2-6-14/h1,3-4,9,14H,2,5-6,13H2/t9-/m1/s1. The van der Waals surface area contributed by atoms with Crippen LogP contribution in [-0.2, 0) is 0 Å². The zero-order valence-corrected chi connectivity index (χ0v) is 8.47. The number of halogens is 2. The molecule has 0 bridgehead atoms. The molecule has 1 rings (SSSR count). The molecule has 0 saturated heterocycles. The molecule has 78 valence electrons. The van der Waals surface area contributed by atoms with Crippen LogP contribution in [0, 0.1) is 5.82 Å². The highest BCUT2D eigenvalue weighted by atomic mass is 35.5. The minimum atomic E-state index is -0.448. The predicted octanol–water partition coefficient (Wildman–Crippen LogP) is 2.25. The number of rotatable bonds is 4. The summed E-state index contributed by atoms with van der Waals surface area (Å²) in [5, 5.41) is 8.96. The molecular formula is C10H13ClFNO. The van der Waals surface area contributed by atoms with Crippen LogP contribution in [0.3, 0.4) is 0 Å². The number of aliphatic hydroxyl groups excluding tert-OH is 1. The molecule has 4 heteroatoms.